The van der Waals surface area contributed by atoms with Crippen LogP contribution in [-0.2, 0) is 46.4 Å². The molecule has 0 fully saturated rings. The Morgan fingerprint density at radius 3 is 2.22 bits per heavy atom. The van der Waals surface area contributed by atoms with Crippen molar-refractivity contribution in [2.75, 3.05) is 6.54 Å². The summed E-state index contributed by atoms with van der Waals surface area (Å²) in [4.78, 5) is 92.7. The van der Waals surface area contributed by atoms with E-state index in [0.29, 0.717) is 12.0 Å². The van der Waals surface area contributed by atoms with Crippen LogP contribution in [0.25, 0.3) is 0 Å². The van der Waals surface area contributed by atoms with E-state index in [0.717, 1.165) is 5.56 Å². The molecule has 46 heavy (non-hydrogen) atoms. The molecule has 0 saturated carbocycles. The molecule has 1 aromatic carbocycles. The number of carboxylic acids is 1. The highest BCUT2D eigenvalue weighted by Gasteiger charge is 2.29. The number of benzene rings is 1. The number of aliphatic hydroxyl groups is 1. The number of aromatic amines is 1. The number of amides is 5. The Kier molecular flexibility index (Phi) is 15.0. The number of aliphatic carboxylic acids is 1. The van der Waals surface area contributed by atoms with Crippen molar-refractivity contribution in [2.24, 2.45) is 5.73 Å². The molecule has 17 heteroatoms. The van der Waals surface area contributed by atoms with Crippen molar-refractivity contribution >= 4 is 41.8 Å². The van der Waals surface area contributed by atoms with Crippen molar-refractivity contribution in [3.05, 3.63) is 54.1 Å². The van der Waals surface area contributed by atoms with Crippen molar-refractivity contribution in [2.45, 2.75) is 75.8 Å². The number of rotatable bonds is 19. The number of H-pyrrole nitrogens is 1. The first kappa shape index (κ1) is 37.0. The highest BCUT2D eigenvalue weighted by atomic mass is 16.4. The van der Waals surface area contributed by atoms with E-state index in [4.69, 9.17) is 10.8 Å². The third kappa shape index (κ3) is 12.8. The molecular formula is C29H40N8O9. The van der Waals surface area contributed by atoms with Crippen LogP contribution >= 0.6 is 0 Å². The van der Waals surface area contributed by atoms with E-state index in [1.807, 2.05) is 0 Å². The maximum atomic E-state index is 12.9. The van der Waals surface area contributed by atoms with Crippen LogP contribution < -0.4 is 32.3 Å². The Morgan fingerprint density at radius 2 is 1.63 bits per heavy atom. The van der Waals surface area contributed by atoms with Gasteiger partial charge in [-0.05, 0) is 32.3 Å². The number of nitrogens with zero attached hydrogens (tertiary/aromatic N) is 1. The average Bonchev–Trinajstić information content (AvgIpc) is 3.53. The predicted octanol–water partition coefficient (Wildman–Crippen LogP) is -2.96. The number of carbonyl (C=O) groups is 7. The highest BCUT2D eigenvalue weighted by Crippen LogP contribution is 2.04. The van der Waals surface area contributed by atoms with E-state index < -0.39 is 84.8 Å². The minimum atomic E-state index is -1.48. The lowest BCUT2D eigenvalue weighted by Gasteiger charge is -2.24. The van der Waals surface area contributed by atoms with Gasteiger partial charge in [0.25, 0.3) is 0 Å². The maximum Gasteiger partial charge on any atom is 0.303 e. The second-order valence-electron chi connectivity index (χ2n) is 10.6. The van der Waals surface area contributed by atoms with Crippen LogP contribution in [-0.4, -0.2) is 105 Å². The summed E-state index contributed by atoms with van der Waals surface area (Å²) in [5, 5.41) is 31.0. The van der Waals surface area contributed by atoms with Gasteiger partial charge in [-0.1, -0.05) is 30.3 Å². The van der Waals surface area contributed by atoms with E-state index in [9.17, 15) is 38.7 Å². The fourth-order valence-corrected chi connectivity index (χ4v) is 4.14. The average molecular weight is 645 g/mol. The molecule has 5 amide bonds. The van der Waals surface area contributed by atoms with E-state index >= 15 is 0 Å². The summed E-state index contributed by atoms with van der Waals surface area (Å²) in [6.07, 6.45) is 1.50. The van der Waals surface area contributed by atoms with Crippen LogP contribution in [0.2, 0.25) is 0 Å². The van der Waals surface area contributed by atoms with Crippen molar-refractivity contribution in [3.63, 3.8) is 0 Å². The van der Waals surface area contributed by atoms with Gasteiger partial charge >= 0.3 is 5.97 Å². The normalized spacial score (nSPS) is 14.7. The number of nitrogens with two attached hydrogens (primary N) is 1. The van der Waals surface area contributed by atoms with Gasteiger partial charge in [0, 0.05) is 24.7 Å². The molecule has 17 nitrogen and oxygen atoms in total. The Labute approximate surface area is 264 Å². The summed E-state index contributed by atoms with van der Waals surface area (Å²) in [7, 11) is 0. The van der Waals surface area contributed by atoms with E-state index in [-0.39, 0.29) is 19.3 Å². The molecule has 0 aliphatic heterocycles. The third-order valence-corrected chi connectivity index (χ3v) is 6.66. The molecule has 0 aliphatic carbocycles. The predicted molar refractivity (Wildman–Crippen MR) is 161 cm³/mol. The molecule has 0 aliphatic rings. The molecule has 10 N–H and O–H groups in total. The fraction of sp³-hybridized carbons (Fsp3) is 0.448. The largest absolute Gasteiger partial charge is 0.481 e. The molecule has 0 radical (unpaired) electrons. The molecule has 0 saturated heterocycles. The lowest BCUT2D eigenvalue weighted by Crippen LogP contribution is -2.57. The molecule has 1 heterocycles. The summed E-state index contributed by atoms with van der Waals surface area (Å²) >= 11 is 0. The van der Waals surface area contributed by atoms with Crippen LogP contribution in [0.1, 0.15) is 37.9 Å². The van der Waals surface area contributed by atoms with Crippen molar-refractivity contribution in [1.82, 2.24) is 36.6 Å². The molecule has 1 aromatic heterocycles. The number of aldehydes is 1. The van der Waals surface area contributed by atoms with Gasteiger partial charge in [-0.25, -0.2) is 4.98 Å². The zero-order chi connectivity index (χ0) is 34.2. The monoisotopic (exact) mass is 644 g/mol. The van der Waals surface area contributed by atoms with Gasteiger partial charge in [-0.2, -0.15) is 0 Å². The van der Waals surface area contributed by atoms with Gasteiger partial charge in [-0.15, -0.1) is 0 Å². The smallest absolute Gasteiger partial charge is 0.303 e. The molecule has 0 bridgehead atoms. The quantitative estimate of drug-likeness (QED) is 0.0697. The number of imidazole rings is 1. The van der Waals surface area contributed by atoms with Crippen molar-refractivity contribution in [1.29, 1.82) is 0 Å². The molecule has 6 atom stereocenters. The number of carboxylic acid groups (broad SMARTS) is 1. The lowest BCUT2D eigenvalue weighted by atomic mass is 10.1. The number of aliphatic hydroxyl groups excluding tert-OH is 1. The highest BCUT2D eigenvalue weighted by molar-refractivity contribution is 5.95. The minimum Gasteiger partial charge on any atom is -0.481 e. The Bertz CT molecular complexity index is 1340. The number of aromatic nitrogens is 2. The van der Waals surface area contributed by atoms with Gasteiger partial charge in [0.05, 0.1) is 31.1 Å². The second-order valence-corrected chi connectivity index (χ2v) is 10.6. The van der Waals surface area contributed by atoms with E-state index in [1.54, 1.807) is 30.3 Å². The molecule has 2 aromatic rings. The maximum absolute atomic E-state index is 12.9. The first-order valence-electron chi connectivity index (χ1n) is 14.4. The Balaban J connectivity index is 1.94. The Hall–Kier alpha value is -5.16. The van der Waals surface area contributed by atoms with Gasteiger partial charge in [0.15, 0.2) is 0 Å². The number of carbonyl (C=O) groups excluding carboxylic acids is 6. The van der Waals surface area contributed by atoms with Gasteiger partial charge in [0.1, 0.15) is 24.4 Å². The van der Waals surface area contributed by atoms with Gasteiger partial charge < -0.3 is 52.3 Å². The second kappa shape index (κ2) is 18.6. The van der Waals surface area contributed by atoms with Crippen LogP contribution in [0.3, 0.4) is 0 Å². The summed E-state index contributed by atoms with van der Waals surface area (Å²) in [5.74, 6) is -5.37. The van der Waals surface area contributed by atoms with Crippen LogP contribution in [0, 0.1) is 0 Å². The van der Waals surface area contributed by atoms with E-state index in [1.165, 1.54) is 26.4 Å². The summed E-state index contributed by atoms with van der Waals surface area (Å²) < 4.78 is 0. The first-order chi connectivity index (χ1) is 21.8. The molecular weight excluding hydrogens is 604 g/mol. The first-order valence-corrected chi connectivity index (χ1v) is 14.4. The summed E-state index contributed by atoms with van der Waals surface area (Å²) in [6.45, 7) is 1.88. The van der Waals surface area contributed by atoms with E-state index in [2.05, 4.69) is 36.6 Å². The summed E-state index contributed by atoms with van der Waals surface area (Å²) in [5.41, 5.74) is 7.25. The number of nitrogens with one attached hydrogen (secondary N) is 6. The third-order valence-electron chi connectivity index (χ3n) is 6.66. The minimum absolute atomic E-state index is 0.120. The zero-order valence-electron chi connectivity index (χ0n) is 25.4. The van der Waals surface area contributed by atoms with Gasteiger partial charge in [-0.3, -0.25) is 28.8 Å². The van der Waals surface area contributed by atoms with Crippen molar-refractivity contribution in [3.8, 4) is 0 Å². The lowest BCUT2D eigenvalue weighted by molar-refractivity contribution is -0.138. The molecule has 0 unspecified atom stereocenters. The van der Waals surface area contributed by atoms with Crippen LogP contribution in [0.5, 0.6) is 0 Å². The molecule has 2 rings (SSSR count). The fourth-order valence-electron chi connectivity index (χ4n) is 4.14. The SMILES string of the molecule is C[C@H](NC(=O)[C@@H](N)Cc1cnc[nH]1)C(=O)N[C@@H](CCC(=O)O)C(=O)NCC(=O)N[C@H](C(=O)N[C@H](C=O)Cc1ccccc1)[C@@H](C)O. The van der Waals surface area contributed by atoms with Gasteiger partial charge in [0.2, 0.25) is 29.5 Å². The topological polar surface area (TPSA) is 275 Å². The van der Waals surface area contributed by atoms with Crippen molar-refractivity contribution < 1.29 is 43.8 Å². The molecule has 0 spiro atoms. The van der Waals surface area contributed by atoms with Crippen LogP contribution in [0.15, 0.2) is 42.9 Å². The standard InChI is InChI=1S/C29H40N8O9/c1-16(34-27(44)21(30)11-19-12-31-15-33-19)26(43)36-22(8-9-24(41)42)28(45)32-13-23(40)37-25(17(2)39)29(46)35-20(14-38)10-18-6-4-3-5-7-18/h3-7,12,14-17,20-22,25,39H,8-11,13,30H2,1-2H3,(H,31,33)(H,32,45)(H,34,44)(H,35,46)(H,36,43)(H,37,40)(H,41,42)/t16-,17+,20-,21-,22-,25-/m0/s1. The van der Waals surface area contributed by atoms with Crippen LogP contribution in [0.4, 0.5) is 0 Å². The number of hydrogen-bond acceptors (Lipinski definition) is 10. The number of hydrogen-bond donors (Lipinski definition) is 9. The Morgan fingerprint density at radius 1 is 0.935 bits per heavy atom. The summed E-state index contributed by atoms with van der Waals surface area (Å²) in [6, 6.07) is 2.86. The zero-order valence-corrected chi connectivity index (χ0v) is 25.4. The molecule has 250 valence electrons.